The second-order valence-electron chi connectivity index (χ2n) is 8.23. The molecular formula is C20H26ClN5O3. The van der Waals surface area contributed by atoms with Crippen LogP contribution in [-0.4, -0.2) is 61.0 Å². The molecule has 9 heteroatoms. The molecule has 8 nitrogen and oxygen atoms in total. The maximum Gasteiger partial charge on any atom is 0.319 e. The van der Waals surface area contributed by atoms with Gasteiger partial charge >= 0.3 is 11.9 Å². The highest BCUT2D eigenvalue weighted by molar-refractivity contribution is 6.35. The largest absolute Gasteiger partial charge is 0.432 e. The maximum atomic E-state index is 12.8. The molecule has 29 heavy (non-hydrogen) atoms. The lowest BCUT2D eigenvalue weighted by atomic mass is 9.74. The summed E-state index contributed by atoms with van der Waals surface area (Å²) >= 11 is 6.50. The molecular weight excluding hydrogens is 394 g/mol. The molecule has 1 fully saturated rings. The van der Waals surface area contributed by atoms with Crippen molar-refractivity contribution in [3.63, 3.8) is 0 Å². The summed E-state index contributed by atoms with van der Waals surface area (Å²) < 4.78 is 6.01. The van der Waals surface area contributed by atoms with Crippen LogP contribution in [0.1, 0.15) is 48.4 Å². The number of urea groups is 1. The van der Waals surface area contributed by atoms with Crippen molar-refractivity contribution >= 4 is 40.3 Å². The van der Waals surface area contributed by atoms with E-state index in [0.29, 0.717) is 28.4 Å². The average Bonchev–Trinajstić information content (AvgIpc) is 3.09. The van der Waals surface area contributed by atoms with Gasteiger partial charge in [0.25, 0.3) is 5.89 Å². The minimum atomic E-state index is -0.546. The number of anilines is 1. The Kier molecular flexibility index (Phi) is 5.16. The topological polar surface area (TPSA) is 90.7 Å². The molecule has 2 N–H and O–H groups in total. The van der Waals surface area contributed by atoms with Crippen LogP contribution in [-0.2, 0) is 5.54 Å². The highest BCUT2D eigenvalue weighted by Gasteiger charge is 2.44. The summed E-state index contributed by atoms with van der Waals surface area (Å²) in [7, 11) is 5.64. The quantitative estimate of drug-likeness (QED) is 0.792. The van der Waals surface area contributed by atoms with Gasteiger partial charge in [-0.15, -0.1) is 0 Å². The average molecular weight is 420 g/mol. The number of hydrogen-bond donors (Lipinski definition) is 2. The number of oxazole rings is 1. The molecule has 2 aromatic rings. The van der Waals surface area contributed by atoms with E-state index in [-0.39, 0.29) is 17.8 Å². The van der Waals surface area contributed by atoms with Crippen molar-refractivity contribution in [2.45, 2.75) is 37.6 Å². The van der Waals surface area contributed by atoms with Crippen LogP contribution < -0.4 is 10.6 Å². The third-order valence-electron chi connectivity index (χ3n) is 5.82. The van der Waals surface area contributed by atoms with Gasteiger partial charge in [0.2, 0.25) is 0 Å². The van der Waals surface area contributed by atoms with E-state index in [1.807, 2.05) is 19.0 Å². The summed E-state index contributed by atoms with van der Waals surface area (Å²) in [6.07, 6.45) is 4.73. The minimum absolute atomic E-state index is 0.0357. The van der Waals surface area contributed by atoms with Gasteiger partial charge in [-0.1, -0.05) is 30.9 Å². The number of nitrogens with zero attached hydrogens (tertiary/aromatic N) is 3. The van der Waals surface area contributed by atoms with Crippen molar-refractivity contribution < 1.29 is 14.0 Å². The smallest absolute Gasteiger partial charge is 0.319 e. The van der Waals surface area contributed by atoms with E-state index >= 15 is 0 Å². The molecule has 0 radical (unpaired) electrons. The molecule has 0 atom stereocenters. The van der Waals surface area contributed by atoms with Crippen LogP contribution in [0, 0.1) is 0 Å². The van der Waals surface area contributed by atoms with E-state index in [4.69, 9.17) is 16.0 Å². The van der Waals surface area contributed by atoms with Crippen LogP contribution in [0.4, 0.5) is 10.5 Å². The van der Waals surface area contributed by atoms with Crippen molar-refractivity contribution in [3.05, 3.63) is 22.5 Å². The Bertz CT molecular complexity index is 965. The first-order valence-electron chi connectivity index (χ1n) is 9.93. The van der Waals surface area contributed by atoms with Crippen molar-refractivity contribution in [3.8, 4) is 0 Å². The Balaban J connectivity index is 1.79. The first-order chi connectivity index (χ1) is 13.8. The lowest BCUT2D eigenvalue weighted by molar-refractivity contribution is 0.0749. The first kappa shape index (κ1) is 20.0. The summed E-state index contributed by atoms with van der Waals surface area (Å²) in [5.74, 6) is -0.244. The Morgan fingerprint density at radius 2 is 1.97 bits per heavy atom. The van der Waals surface area contributed by atoms with Gasteiger partial charge in [-0.3, -0.25) is 4.79 Å². The van der Waals surface area contributed by atoms with Crippen molar-refractivity contribution in [2.75, 3.05) is 39.5 Å². The number of nitrogens with one attached hydrogen (secondary N) is 2. The summed E-state index contributed by atoms with van der Waals surface area (Å²) in [5.41, 5.74) is 1.86. The monoisotopic (exact) mass is 419 g/mol. The fraction of sp³-hybridized carbons (Fsp3) is 0.550. The number of carbonyl (C=O) groups excluding carboxylic acids is 2. The Labute approximate surface area is 174 Å². The Morgan fingerprint density at radius 3 is 2.66 bits per heavy atom. The van der Waals surface area contributed by atoms with Gasteiger partial charge in [0.15, 0.2) is 5.58 Å². The van der Waals surface area contributed by atoms with Gasteiger partial charge in [0, 0.05) is 25.7 Å². The van der Waals surface area contributed by atoms with E-state index in [1.165, 1.54) is 0 Å². The van der Waals surface area contributed by atoms with Crippen LogP contribution in [0.5, 0.6) is 0 Å². The van der Waals surface area contributed by atoms with Crippen molar-refractivity contribution in [1.82, 2.24) is 20.1 Å². The number of carbonyl (C=O) groups is 2. The molecule has 1 saturated carbocycles. The van der Waals surface area contributed by atoms with Gasteiger partial charge in [-0.2, -0.15) is 0 Å². The summed E-state index contributed by atoms with van der Waals surface area (Å²) in [4.78, 5) is 33.2. The first-order valence-corrected chi connectivity index (χ1v) is 10.3. The number of halogens is 1. The molecule has 0 bridgehead atoms. The van der Waals surface area contributed by atoms with Crippen LogP contribution in [0.25, 0.3) is 11.1 Å². The molecule has 1 aromatic carbocycles. The van der Waals surface area contributed by atoms with E-state index < -0.39 is 5.54 Å². The molecule has 0 unspecified atom stereocenters. The molecule has 4 rings (SSSR count). The highest BCUT2D eigenvalue weighted by atomic mass is 35.5. The summed E-state index contributed by atoms with van der Waals surface area (Å²) in [6.45, 7) is 1.30. The van der Waals surface area contributed by atoms with Crippen LogP contribution in [0.2, 0.25) is 5.02 Å². The molecule has 0 saturated heterocycles. The lowest BCUT2D eigenvalue weighted by Crippen LogP contribution is -2.52. The molecule has 1 spiro atoms. The normalized spacial score (nSPS) is 17.9. The predicted octanol–water partition coefficient (Wildman–Crippen LogP) is 3.41. The zero-order valence-electron chi connectivity index (χ0n) is 17.0. The number of rotatable bonds is 4. The lowest BCUT2D eigenvalue weighted by Gasteiger charge is -2.42. The SMILES string of the molecule is CN(C)CCN(C)C(=O)c1nc2cc(Cl)c3c(c2o1)C1(CCCCC1)NC(=O)N3. The Morgan fingerprint density at radius 1 is 1.24 bits per heavy atom. The van der Waals surface area contributed by atoms with Crippen LogP contribution in [0.3, 0.4) is 0 Å². The highest BCUT2D eigenvalue weighted by Crippen LogP contribution is 2.48. The van der Waals surface area contributed by atoms with E-state index in [1.54, 1.807) is 18.0 Å². The zero-order chi connectivity index (χ0) is 20.8. The van der Waals surface area contributed by atoms with Crippen molar-refractivity contribution in [2.24, 2.45) is 0 Å². The van der Waals surface area contributed by atoms with E-state index in [0.717, 1.165) is 44.2 Å². The second kappa shape index (κ2) is 7.50. The molecule has 3 amide bonds. The molecule has 1 aliphatic carbocycles. The standard InChI is InChI=1S/C20H26ClN5O3/c1-25(2)9-10-26(3)18(27)17-22-13-11-12(21)15-14(16(13)29-17)20(24-19(28)23-15)7-5-4-6-8-20/h11H,4-10H2,1-3H3,(H2,23,24,28). The number of likely N-dealkylation sites (N-methyl/N-ethyl adjacent to an activating group) is 2. The maximum absolute atomic E-state index is 12.8. The van der Waals surface area contributed by atoms with E-state index in [2.05, 4.69) is 15.6 Å². The Hall–Kier alpha value is -2.32. The fourth-order valence-corrected chi connectivity index (χ4v) is 4.52. The molecule has 1 aliphatic heterocycles. The predicted molar refractivity (Wildman–Crippen MR) is 111 cm³/mol. The van der Waals surface area contributed by atoms with Gasteiger partial charge in [-0.05, 0) is 33.0 Å². The third-order valence-corrected chi connectivity index (χ3v) is 6.12. The number of amides is 3. The molecule has 2 aliphatic rings. The van der Waals surface area contributed by atoms with Gasteiger partial charge in [0.1, 0.15) is 5.52 Å². The van der Waals surface area contributed by atoms with Crippen LogP contribution >= 0.6 is 11.6 Å². The fourth-order valence-electron chi connectivity index (χ4n) is 4.27. The third kappa shape index (κ3) is 3.55. The van der Waals surface area contributed by atoms with Crippen LogP contribution in [0.15, 0.2) is 10.5 Å². The minimum Gasteiger partial charge on any atom is -0.432 e. The number of benzene rings is 1. The van der Waals surface area contributed by atoms with Crippen molar-refractivity contribution in [1.29, 1.82) is 0 Å². The zero-order valence-corrected chi connectivity index (χ0v) is 17.7. The number of hydrogen-bond acceptors (Lipinski definition) is 5. The van der Waals surface area contributed by atoms with Gasteiger partial charge in [0.05, 0.1) is 16.2 Å². The molecule has 156 valence electrons. The summed E-state index contributed by atoms with van der Waals surface area (Å²) in [6, 6.07) is 1.39. The van der Waals surface area contributed by atoms with Gasteiger partial charge < -0.3 is 24.9 Å². The summed E-state index contributed by atoms with van der Waals surface area (Å²) in [5, 5.41) is 6.32. The molecule has 2 heterocycles. The number of aromatic nitrogens is 1. The second-order valence-corrected chi connectivity index (χ2v) is 8.63. The van der Waals surface area contributed by atoms with E-state index in [9.17, 15) is 9.59 Å². The van der Waals surface area contributed by atoms with Gasteiger partial charge in [-0.25, -0.2) is 9.78 Å². The number of fused-ring (bicyclic) bond motifs is 4. The molecule has 1 aromatic heterocycles.